The van der Waals surface area contributed by atoms with E-state index >= 15 is 0 Å². The number of rotatable bonds is 13. The molecule has 2 aliphatic rings. The minimum Gasteiger partial charge on any atom is -0.461 e. The second-order valence-electron chi connectivity index (χ2n) is 10.9. The molecule has 1 aliphatic carbocycles. The van der Waals surface area contributed by atoms with E-state index in [1.807, 2.05) is 6.26 Å². The number of fused-ring (bicyclic) bond motifs is 1. The number of hydrogen-bond acceptors (Lipinski definition) is 13. The highest BCUT2D eigenvalue weighted by molar-refractivity contribution is 7.98. The summed E-state index contributed by atoms with van der Waals surface area (Å²) in [5.74, 6) is 0.453. The number of thioether (sulfide) groups is 1. The fraction of sp³-hybridized carbons (Fsp3) is 0.571. The molecule has 2 fully saturated rings. The third kappa shape index (κ3) is 7.53. The van der Waals surface area contributed by atoms with Crippen molar-refractivity contribution in [2.45, 2.75) is 88.2 Å². The summed E-state index contributed by atoms with van der Waals surface area (Å²) < 4.78 is 39.6. The standard InChI is InChI=1S/C28H39N6O8PS/c1-17(24-22(35)23(36)27(40-24)34-16-32-21-25(29)30-15-31-26(21)34)41-43(38,42-19-11-7-4-8-12-19)33-20(13-14-44-2)28(37)39-18-9-5-3-6-10-18/h4,7-8,11-12,15-18,20,22-24,27,35-36H,3,5-6,9-10,13-14H2,1-2H3,(H,33,38)(H2,29,30,31)/t17?,20?,22-,23+,24+,27+,43?/m0/s1. The molecule has 1 aromatic carbocycles. The molecule has 0 spiro atoms. The van der Waals surface area contributed by atoms with Crippen LogP contribution in [0.1, 0.15) is 51.7 Å². The van der Waals surface area contributed by atoms with Crippen LogP contribution in [0.15, 0.2) is 43.0 Å². The number of nitrogen functional groups attached to an aromatic ring is 1. The average molecular weight is 651 g/mol. The van der Waals surface area contributed by atoms with Crippen molar-refractivity contribution < 1.29 is 38.1 Å². The lowest BCUT2D eigenvalue weighted by Crippen LogP contribution is -2.43. The van der Waals surface area contributed by atoms with Gasteiger partial charge in [-0.15, -0.1) is 0 Å². The molecule has 5 N–H and O–H groups in total. The number of aliphatic hydroxyl groups is 2. The first-order valence-corrected chi connectivity index (χ1v) is 17.6. The predicted molar refractivity (Wildman–Crippen MR) is 164 cm³/mol. The number of hydrogen-bond donors (Lipinski definition) is 4. The van der Waals surface area contributed by atoms with Crippen molar-refractivity contribution >= 4 is 42.5 Å². The van der Waals surface area contributed by atoms with E-state index in [0.29, 0.717) is 23.3 Å². The number of nitrogens with two attached hydrogens (primary N) is 1. The number of nitrogens with one attached hydrogen (secondary N) is 1. The number of anilines is 1. The van der Waals surface area contributed by atoms with Crippen molar-refractivity contribution in [1.82, 2.24) is 24.6 Å². The molecule has 1 aliphatic heterocycles. The Morgan fingerprint density at radius 3 is 2.66 bits per heavy atom. The van der Waals surface area contributed by atoms with E-state index in [4.69, 9.17) is 24.3 Å². The number of carbonyl (C=O) groups is 1. The molecule has 2 aromatic heterocycles. The highest BCUT2D eigenvalue weighted by Gasteiger charge is 2.49. The zero-order valence-corrected chi connectivity index (χ0v) is 26.3. The van der Waals surface area contributed by atoms with E-state index in [-0.39, 0.29) is 17.7 Å². The Morgan fingerprint density at radius 1 is 1.18 bits per heavy atom. The molecule has 0 amide bonds. The summed E-state index contributed by atoms with van der Waals surface area (Å²) in [5, 5.41) is 24.8. The average Bonchev–Trinajstić information content (AvgIpc) is 3.57. The van der Waals surface area contributed by atoms with Crippen LogP contribution in [0, 0.1) is 0 Å². The van der Waals surface area contributed by atoms with E-state index in [0.717, 1.165) is 32.1 Å². The van der Waals surface area contributed by atoms with Gasteiger partial charge in [0.05, 0.1) is 12.4 Å². The van der Waals surface area contributed by atoms with Crippen LogP contribution in [-0.4, -0.2) is 84.3 Å². The zero-order valence-electron chi connectivity index (χ0n) is 24.6. The Kier molecular flexibility index (Phi) is 10.8. The molecule has 14 nitrogen and oxygen atoms in total. The van der Waals surface area contributed by atoms with Crippen LogP contribution in [0.25, 0.3) is 11.2 Å². The highest BCUT2D eigenvalue weighted by Crippen LogP contribution is 2.48. The molecular formula is C28H39N6O8PS. The number of benzene rings is 1. The fourth-order valence-corrected chi connectivity index (χ4v) is 7.63. The topological polar surface area (TPSA) is 193 Å². The van der Waals surface area contributed by atoms with E-state index in [2.05, 4.69) is 20.0 Å². The van der Waals surface area contributed by atoms with Crippen LogP contribution in [0.4, 0.5) is 5.82 Å². The maximum absolute atomic E-state index is 14.4. The molecule has 240 valence electrons. The van der Waals surface area contributed by atoms with Gasteiger partial charge in [-0.05, 0) is 63.2 Å². The lowest BCUT2D eigenvalue weighted by molar-refractivity contribution is -0.152. The Balaban J connectivity index is 1.36. The minimum atomic E-state index is -4.31. The lowest BCUT2D eigenvalue weighted by Gasteiger charge is -2.30. The summed E-state index contributed by atoms with van der Waals surface area (Å²) in [4.78, 5) is 25.6. The summed E-state index contributed by atoms with van der Waals surface area (Å²) >= 11 is 1.53. The molecule has 3 unspecified atom stereocenters. The Bertz CT molecular complexity index is 1440. The summed E-state index contributed by atoms with van der Waals surface area (Å²) in [6.07, 6.45) is 3.13. The second kappa shape index (κ2) is 14.5. The van der Waals surface area contributed by atoms with E-state index < -0.39 is 50.4 Å². The number of ether oxygens (including phenoxy) is 2. The predicted octanol–water partition coefficient (Wildman–Crippen LogP) is 3.21. The van der Waals surface area contributed by atoms with Gasteiger partial charge in [0.25, 0.3) is 0 Å². The van der Waals surface area contributed by atoms with E-state index in [1.54, 1.807) is 30.3 Å². The van der Waals surface area contributed by atoms with Gasteiger partial charge >= 0.3 is 13.7 Å². The molecule has 3 heterocycles. The summed E-state index contributed by atoms with van der Waals surface area (Å²) in [7, 11) is -4.31. The van der Waals surface area contributed by atoms with Crippen LogP contribution in [0.3, 0.4) is 0 Å². The molecule has 44 heavy (non-hydrogen) atoms. The van der Waals surface area contributed by atoms with Gasteiger partial charge in [-0.3, -0.25) is 13.9 Å². The van der Waals surface area contributed by atoms with Crippen molar-refractivity contribution in [3.05, 3.63) is 43.0 Å². The number of aromatic nitrogens is 4. The van der Waals surface area contributed by atoms with Crippen LogP contribution in [-0.2, 0) is 23.4 Å². The Morgan fingerprint density at radius 2 is 1.93 bits per heavy atom. The van der Waals surface area contributed by atoms with Gasteiger partial charge in [0.15, 0.2) is 17.7 Å². The maximum Gasteiger partial charge on any atom is 0.459 e. The number of aliphatic hydroxyl groups excluding tert-OH is 2. The van der Waals surface area contributed by atoms with Gasteiger partial charge in [0.1, 0.15) is 48.1 Å². The molecule has 5 rings (SSSR count). The van der Waals surface area contributed by atoms with Crippen LogP contribution in [0.2, 0.25) is 0 Å². The van der Waals surface area contributed by atoms with Gasteiger partial charge in [-0.1, -0.05) is 24.6 Å². The quantitative estimate of drug-likeness (QED) is 0.156. The van der Waals surface area contributed by atoms with Crippen molar-refractivity contribution in [2.24, 2.45) is 0 Å². The molecular weight excluding hydrogens is 611 g/mol. The largest absolute Gasteiger partial charge is 0.461 e. The zero-order chi connectivity index (χ0) is 31.3. The van der Waals surface area contributed by atoms with Crippen molar-refractivity contribution in [3.63, 3.8) is 0 Å². The van der Waals surface area contributed by atoms with Crippen molar-refractivity contribution in [1.29, 1.82) is 0 Å². The van der Waals surface area contributed by atoms with E-state index in [1.165, 1.54) is 35.9 Å². The van der Waals surface area contributed by atoms with Gasteiger partial charge in [0, 0.05) is 0 Å². The van der Waals surface area contributed by atoms with Crippen LogP contribution in [0.5, 0.6) is 5.75 Å². The van der Waals surface area contributed by atoms with Gasteiger partial charge in [0.2, 0.25) is 0 Å². The van der Waals surface area contributed by atoms with Crippen LogP contribution >= 0.6 is 19.5 Å². The first kappa shape index (κ1) is 32.6. The van der Waals surface area contributed by atoms with Gasteiger partial charge < -0.3 is 29.9 Å². The minimum absolute atomic E-state index is 0.151. The molecule has 1 saturated heterocycles. The summed E-state index contributed by atoms with van der Waals surface area (Å²) in [6, 6.07) is 7.43. The maximum atomic E-state index is 14.4. The smallest absolute Gasteiger partial charge is 0.459 e. The summed E-state index contributed by atoms with van der Waals surface area (Å²) in [6.45, 7) is 1.54. The second-order valence-corrected chi connectivity index (χ2v) is 13.6. The van der Waals surface area contributed by atoms with Crippen molar-refractivity contribution in [3.8, 4) is 5.75 Å². The number of imidazole rings is 1. The number of para-hydroxylation sites is 1. The molecule has 0 bridgehead atoms. The molecule has 1 saturated carbocycles. The Labute approximate surface area is 259 Å². The van der Waals surface area contributed by atoms with E-state index in [9.17, 15) is 19.6 Å². The number of esters is 1. The number of nitrogens with zero attached hydrogens (tertiary/aromatic N) is 4. The van der Waals surface area contributed by atoms with Crippen molar-refractivity contribution in [2.75, 3.05) is 17.7 Å². The fourth-order valence-electron chi connectivity index (χ4n) is 5.43. The first-order valence-electron chi connectivity index (χ1n) is 14.6. The molecule has 3 aromatic rings. The molecule has 7 atom stereocenters. The third-order valence-corrected chi connectivity index (χ3v) is 10.1. The van der Waals surface area contributed by atoms with Crippen LogP contribution < -0.4 is 15.3 Å². The molecule has 0 radical (unpaired) electrons. The first-order chi connectivity index (χ1) is 21.2. The highest BCUT2D eigenvalue weighted by atomic mass is 32.2. The monoisotopic (exact) mass is 650 g/mol. The van der Waals surface area contributed by atoms with Gasteiger partial charge in [-0.25, -0.2) is 19.5 Å². The normalized spacial score (nSPS) is 25.4. The lowest BCUT2D eigenvalue weighted by atomic mass is 9.98. The van der Waals surface area contributed by atoms with Gasteiger partial charge in [-0.2, -0.15) is 16.8 Å². The summed E-state index contributed by atoms with van der Waals surface area (Å²) in [5.41, 5.74) is 6.51. The SMILES string of the molecule is CSCCC(NP(=O)(Oc1ccccc1)OC(C)[C@H]1O[C@@H](n2cnc3c(N)ncnc32)[C@H](O)[C@@H]1O)C(=O)OC1CCCCC1. The third-order valence-electron chi connectivity index (χ3n) is 7.72. The Hall–Kier alpha value is -2.78. The molecule has 16 heteroatoms. The number of carbonyl (C=O) groups excluding carboxylic acids is 1.